The maximum absolute atomic E-state index is 12.3. The fraction of sp³-hybridized carbons (Fsp3) is 0.208. The quantitative estimate of drug-likeness (QED) is 0.292. The van der Waals surface area contributed by atoms with E-state index in [2.05, 4.69) is 22.7 Å². The van der Waals surface area contributed by atoms with Crippen LogP contribution >= 0.6 is 0 Å². The lowest BCUT2D eigenvalue weighted by molar-refractivity contribution is -0.117. The molecule has 0 saturated carbocycles. The third-order valence-electron chi connectivity index (χ3n) is 4.44. The molecule has 2 aromatic rings. The van der Waals surface area contributed by atoms with Crippen LogP contribution in [0.1, 0.15) is 30.9 Å². The fourth-order valence-corrected chi connectivity index (χ4v) is 2.78. The average molecular weight is 410 g/mol. The normalized spacial score (nSPS) is 11.0. The Morgan fingerprint density at radius 2 is 1.61 bits per heavy atom. The predicted octanol–water partition coefficient (Wildman–Crippen LogP) is 3.77. The van der Waals surface area contributed by atoms with Gasteiger partial charge >= 0.3 is 0 Å². The number of nitrogens with zero attached hydrogens (tertiary/aromatic N) is 5. The van der Waals surface area contributed by atoms with Gasteiger partial charge in [0.25, 0.3) is 5.91 Å². The summed E-state index contributed by atoms with van der Waals surface area (Å²) >= 11 is 0. The second-order valence-corrected chi connectivity index (χ2v) is 6.57. The maximum Gasteiger partial charge on any atom is 0.282 e. The number of hydrazone groups is 1. The van der Waals surface area contributed by atoms with Gasteiger partial charge in [-0.3, -0.25) is 4.79 Å². The molecule has 0 aliphatic heterocycles. The summed E-state index contributed by atoms with van der Waals surface area (Å²) in [6.07, 6.45) is 2.20. The van der Waals surface area contributed by atoms with Crippen molar-refractivity contribution in [3.63, 3.8) is 0 Å². The van der Waals surface area contributed by atoms with Gasteiger partial charge in [0.05, 0.1) is 30.7 Å². The number of rotatable bonds is 9. The van der Waals surface area contributed by atoms with E-state index in [-0.39, 0.29) is 5.57 Å². The van der Waals surface area contributed by atoms with Crippen LogP contribution in [-0.2, 0) is 4.79 Å². The van der Waals surface area contributed by atoms with Crippen molar-refractivity contribution in [1.29, 1.82) is 15.8 Å². The molecule has 0 aliphatic carbocycles. The number of anilines is 1. The summed E-state index contributed by atoms with van der Waals surface area (Å²) in [5.74, 6) is -0.591. The number of carbonyl (C=O) groups is 1. The lowest BCUT2D eigenvalue weighted by atomic mass is 10.1. The summed E-state index contributed by atoms with van der Waals surface area (Å²) in [5.41, 5.74) is 5.40. The van der Waals surface area contributed by atoms with E-state index in [9.17, 15) is 10.1 Å². The van der Waals surface area contributed by atoms with Gasteiger partial charge in [0, 0.05) is 18.8 Å². The van der Waals surface area contributed by atoms with Crippen LogP contribution < -0.4 is 10.3 Å². The van der Waals surface area contributed by atoms with E-state index >= 15 is 0 Å². The smallest absolute Gasteiger partial charge is 0.282 e. The highest BCUT2D eigenvalue weighted by Crippen LogP contribution is 2.18. The molecule has 154 valence electrons. The van der Waals surface area contributed by atoms with Gasteiger partial charge in [0.2, 0.25) is 0 Å². The van der Waals surface area contributed by atoms with E-state index in [0.29, 0.717) is 37.2 Å². The van der Waals surface area contributed by atoms with Crippen molar-refractivity contribution >= 4 is 23.4 Å². The Balaban J connectivity index is 2.11. The number of amides is 1. The lowest BCUT2D eigenvalue weighted by Gasteiger charge is -2.22. The van der Waals surface area contributed by atoms with Gasteiger partial charge in [-0.2, -0.15) is 20.9 Å². The molecule has 7 nitrogen and oxygen atoms in total. The van der Waals surface area contributed by atoms with Crippen LogP contribution in [0.15, 0.2) is 65.3 Å². The molecule has 0 aliphatic rings. The second kappa shape index (κ2) is 12.2. The minimum atomic E-state index is -0.591. The minimum Gasteiger partial charge on any atom is -0.369 e. The molecule has 0 aromatic heterocycles. The van der Waals surface area contributed by atoms with Crippen LogP contribution in [0.5, 0.6) is 0 Å². The zero-order valence-corrected chi connectivity index (χ0v) is 17.2. The minimum absolute atomic E-state index is 0.0665. The zero-order chi connectivity index (χ0) is 22.5. The Morgan fingerprint density at radius 1 is 1.00 bits per heavy atom. The predicted molar refractivity (Wildman–Crippen MR) is 120 cm³/mol. The third kappa shape index (κ3) is 7.16. The van der Waals surface area contributed by atoms with Gasteiger partial charge < -0.3 is 4.90 Å². The number of benzene rings is 2. The van der Waals surface area contributed by atoms with Crippen molar-refractivity contribution < 1.29 is 4.79 Å². The third-order valence-corrected chi connectivity index (χ3v) is 4.44. The molecule has 0 spiro atoms. The van der Waals surface area contributed by atoms with E-state index in [1.54, 1.807) is 19.1 Å². The van der Waals surface area contributed by atoms with E-state index in [1.165, 1.54) is 6.08 Å². The first-order valence-electron chi connectivity index (χ1n) is 9.69. The Hall–Kier alpha value is -4.41. The maximum atomic E-state index is 12.3. The monoisotopic (exact) mass is 410 g/mol. The van der Waals surface area contributed by atoms with Gasteiger partial charge in [0.15, 0.2) is 0 Å². The van der Waals surface area contributed by atoms with Crippen LogP contribution in [0.25, 0.3) is 6.08 Å². The molecule has 0 bridgehead atoms. The molecule has 31 heavy (non-hydrogen) atoms. The highest BCUT2D eigenvalue weighted by molar-refractivity contribution is 6.04. The van der Waals surface area contributed by atoms with Gasteiger partial charge in [0.1, 0.15) is 11.6 Å². The van der Waals surface area contributed by atoms with Crippen LogP contribution in [0.3, 0.4) is 0 Å². The molecule has 7 heteroatoms. The van der Waals surface area contributed by atoms with Crippen LogP contribution in [0.2, 0.25) is 0 Å². The summed E-state index contributed by atoms with van der Waals surface area (Å²) in [6.45, 7) is 2.82. The summed E-state index contributed by atoms with van der Waals surface area (Å²) in [7, 11) is 0. The molecule has 1 N–H and O–H groups in total. The highest BCUT2D eigenvalue weighted by Gasteiger charge is 2.10. The molecular weight excluding hydrogens is 388 g/mol. The van der Waals surface area contributed by atoms with Crippen LogP contribution in [-0.4, -0.2) is 24.7 Å². The molecule has 2 aromatic carbocycles. The molecule has 0 fully saturated rings. The van der Waals surface area contributed by atoms with E-state index in [0.717, 1.165) is 11.3 Å². The Kier molecular flexibility index (Phi) is 9.01. The summed E-state index contributed by atoms with van der Waals surface area (Å²) < 4.78 is 0. The summed E-state index contributed by atoms with van der Waals surface area (Å²) in [6, 6.07) is 22.8. The number of hydrogen-bond donors (Lipinski definition) is 1. The number of nitriles is 3. The molecule has 0 saturated heterocycles. The molecule has 2 rings (SSSR count). The van der Waals surface area contributed by atoms with Crippen molar-refractivity contribution in [3.8, 4) is 18.2 Å². The zero-order valence-electron chi connectivity index (χ0n) is 17.2. The molecular formula is C24H22N6O. The van der Waals surface area contributed by atoms with E-state index in [4.69, 9.17) is 10.5 Å². The Labute approximate surface area is 182 Å². The largest absolute Gasteiger partial charge is 0.369 e. The van der Waals surface area contributed by atoms with Crippen molar-refractivity contribution in [3.05, 3.63) is 71.3 Å². The van der Waals surface area contributed by atoms with Crippen LogP contribution in [0.4, 0.5) is 5.69 Å². The van der Waals surface area contributed by atoms with Crippen molar-refractivity contribution in [2.45, 2.75) is 19.8 Å². The van der Waals surface area contributed by atoms with Crippen molar-refractivity contribution in [2.75, 3.05) is 18.0 Å². The standard InChI is InChI=1S/C24H22N6O/c1-19(21-7-3-2-4-8-21)28-29-24(31)22(18-27)17-20-9-11-23(12-10-20)30(15-5-13-25)16-6-14-26/h2-4,7-12,17H,5-6,15-16H2,1H3,(H,29,31)/b22-17+,28-19-. The lowest BCUT2D eigenvalue weighted by Crippen LogP contribution is -2.25. The van der Waals surface area contributed by atoms with Gasteiger partial charge in [-0.15, -0.1) is 0 Å². The van der Waals surface area contributed by atoms with E-state index < -0.39 is 5.91 Å². The second-order valence-electron chi connectivity index (χ2n) is 6.57. The number of nitrogens with one attached hydrogen (secondary N) is 1. The topological polar surface area (TPSA) is 116 Å². The SMILES string of the molecule is C/C(=N/NC(=O)/C(C#N)=C/c1ccc(N(CCC#N)CCC#N)cc1)c1ccccc1. The van der Waals surface area contributed by atoms with E-state index in [1.807, 2.05) is 53.4 Å². The van der Waals surface area contributed by atoms with Gasteiger partial charge in [-0.05, 0) is 36.3 Å². The highest BCUT2D eigenvalue weighted by atomic mass is 16.2. The fourth-order valence-electron chi connectivity index (χ4n) is 2.78. The van der Waals surface area contributed by atoms with Crippen LogP contribution in [0, 0.1) is 34.0 Å². The Morgan fingerprint density at radius 3 is 2.16 bits per heavy atom. The Bertz CT molecular complexity index is 1050. The van der Waals surface area contributed by atoms with Gasteiger partial charge in [-0.25, -0.2) is 5.43 Å². The first-order valence-corrected chi connectivity index (χ1v) is 9.69. The molecule has 1 amide bonds. The number of hydrogen-bond acceptors (Lipinski definition) is 6. The molecule has 0 unspecified atom stereocenters. The number of carbonyl (C=O) groups excluding carboxylic acids is 1. The average Bonchev–Trinajstić information content (AvgIpc) is 2.82. The summed E-state index contributed by atoms with van der Waals surface area (Å²) in [4.78, 5) is 14.3. The molecule has 0 atom stereocenters. The summed E-state index contributed by atoms with van der Waals surface area (Å²) in [5, 5.41) is 31.1. The molecule has 0 heterocycles. The first-order chi connectivity index (χ1) is 15.1. The van der Waals surface area contributed by atoms with Crippen molar-refractivity contribution in [1.82, 2.24) is 5.43 Å². The molecule has 0 radical (unpaired) electrons. The van der Waals surface area contributed by atoms with Crippen molar-refractivity contribution in [2.24, 2.45) is 5.10 Å². The van der Waals surface area contributed by atoms with Gasteiger partial charge in [-0.1, -0.05) is 42.5 Å². The first kappa shape index (κ1) is 22.9.